The van der Waals surface area contributed by atoms with E-state index in [0.29, 0.717) is 0 Å². The average Bonchev–Trinajstić information content (AvgIpc) is 2.18. The predicted molar refractivity (Wildman–Crippen MR) is 50.5 cm³/mol. The van der Waals surface area contributed by atoms with Gasteiger partial charge < -0.3 is 14.9 Å². The zero-order chi connectivity index (χ0) is 13.2. The minimum atomic E-state index is -4.95. The van der Waals surface area contributed by atoms with E-state index in [0.717, 1.165) is 6.07 Å². The van der Waals surface area contributed by atoms with Crippen molar-refractivity contribution >= 4 is 5.97 Å². The number of alkyl halides is 3. The fourth-order valence-corrected chi connectivity index (χ4v) is 1.28. The molecule has 94 valence electrons. The summed E-state index contributed by atoms with van der Waals surface area (Å²) in [5.41, 5.74) is -0.352. The van der Waals surface area contributed by atoms with E-state index < -0.39 is 29.7 Å². The zero-order valence-corrected chi connectivity index (χ0v) is 8.65. The maximum Gasteiger partial charge on any atom is 0.573 e. The number of benzene rings is 1. The number of aliphatic hydroxyl groups is 1. The van der Waals surface area contributed by atoms with Crippen molar-refractivity contribution in [1.29, 1.82) is 0 Å². The van der Waals surface area contributed by atoms with E-state index in [9.17, 15) is 23.1 Å². The number of carbonyl (C=O) groups is 1. The molecule has 0 spiro atoms. The van der Waals surface area contributed by atoms with E-state index in [1.54, 1.807) is 0 Å². The number of rotatable bonds is 3. The van der Waals surface area contributed by atoms with Crippen molar-refractivity contribution in [3.05, 3.63) is 29.3 Å². The van der Waals surface area contributed by atoms with E-state index in [2.05, 4.69) is 4.74 Å². The molecule has 0 saturated carbocycles. The van der Waals surface area contributed by atoms with Crippen LogP contribution in [0.4, 0.5) is 13.2 Å². The van der Waals surface area contributed by atoms with Gasteiger partial charge in [-0.05, 0) is 12.5 Å². The molecule has 0 aliphatic rings. The molecule has 7 heteroatoms. The van der Waals surface area contributed by atoms with Gasteiger partial charge in [0.1, 0.15) is 5.75 Å². The highest BCUT2D eigenvalue weighted by Crippen LogP contribution is 2.33. The van der Waals surface area contributed by atoms with Crippen LogP contribution in [-0.2, 0) is 4.79 Å². The molecule has 0 fully saturated rings. The molecule has 0 aliphatic heterocycles. The van der Waals surface area contributed by atoms with Gasteiger partial charge in [-0.1, -0.05) is 18.2 Å². The number of para-hydroxylation sites is 1. The number of halogens is 3. The van der Waals surface area contributed by atoms with Crippen molar-refractivity contribution in [2.75, 3.05) is 0 Å². The molecule has 1 aromatic carbocycles. The van der Waals surface area contributed by atoms with Gasteiger partial charge in [0.25, 0.3) is 0 Å². The second kappa shape index (κ2) is 4.62. The Morgan fingerprint density at radius 1 is 1.41 bits per heavy atom. The Bertz CT molecular complexity index is 428. The van der Waals surface area contributed by atoms with Crippen LogP contribution in [0.15, 0.2) is 18.2 Å². The Hall–Kier alpha value is -1.76. The number of hydrogen-bond acceptors (Lipinski definition) is 3. The van der Waals surface area contributed by atoms with Crippen molar-refractivity contribution in [2.24, 2.45) is 0 Å². The van der Waals surface area contributed by atoms with Gasteiger partial charge in [-0.15, -0.1) is 13.2 Å². The molecular formula is C10H9F3O4. The standard InChI is InChI=1S/C10H9F3O4/c1-5-3-2-4-6(7(14)9(15)16)8(5)17-10(11,12)13/h2-4,7,14H,1H3,(H,15,16). The summed E-state index contributed by atoms with van der Waals surface area (Å²) in [6, 6.07) is 3.71. The summed E-state index contributed by atoms with van der Waals surface area (Å²) in [6.45, 7) is 1.32. The first-order valence-corrected chi connectivity index (χ1v) is 4.48. The van der Waals surface area contributed by atoms with Crippen molar-refractivity contribution in [3.63, 3.8) is 0 Å². The average molecular weight is 250 g/mol. The smallest absolute Gasteiger partial charge is 0.479 e. The summed E-state index contributed by atoms with van der Waals surface area (Å²) in [4.78, 5) is 10.5. The second-order valence-electron chi connectivity index (χ2n) is 3.28. The highest BCUT2D eigenvalue weighted by Gasteiger charge is 2.34. The second-order valence-corrected chi connectivity index (χ2v) is 3.28. The number of carboxylic acid groups (broad SMARTS) is 1. The van der Waals surface area contributed by atoms with Crippen molar-refractivity contribution < 1.29 is 32.9 Å². The van der Waals surface area contributed by atoms with Gasteiger partial charge in [0.15, 0.2) is 6.10 Å². The third kappa shape index (κ3) is 3.35. The maximum atomic E-state index is 12.1. The molecule has 4 nitrogen and oxygen atoms in total. The van der Waals surface area contributed by atoms with Crippen molar-refractivity contribution in [2.45, 2.75) is 19.4 Å². The molecule has 0 amide bonds. The summed E-state index contributed by atoms with van der Waals surface area (Å²) in [6.07, 6.45) is -7.01. The Kier molecular flexibility index (Phi) is 3.62. The van der Waals surface area contributed by atoms with E-state index >= 15 is 0 Å². The van der Waals surface area contributed by atoms with Crippen molar-refractivity contribution in [3.8, 4) is 5.75 Å². The lowest BCUT2D eigenvalue weighted by Gasteiger charge is -2.16. The Labute approximate surface area is 94.3 Å². The van der Waals surface area contributed by atoms with Crippen LogP contribution in [-0.4, -0.2) is 22.5 Å². The van der Waals surface area contributed by atoms with E-state index in [4.69, 9.17) is 5.11 Å². The molecule has 1 unspecified atom stereocenters. The maximum absolute atomic E-state index is 12.1. The number of aryl methyl sites for hydroxylation is 1. The topological polar surface area (TPSA) is 66.8 Å². The van der Waals surface area contributed by atoms with Crippen LogP contribution in [0.3, 0.4) is 0 Å². The third-order valence-electron chi connectivity index (χ3n) is 1.99. The Morgan fingerprint density at radius 3 is 2.47 bits per heavy atom. The van der Waals surface area contributed by atoms with Gasteiger partial charge in [0, 0.05) is 5.56 Å². The normalized spacial score (nSPS) is 13.2. The van der Waals surface area contributed by atoms with E-state index in [1.807, 2.05) is 0 Å². The highest BCUT2D eigenvalue weighted by atomic mass is 19.4. The lowest BCUT2D eigenvalue weighted by atomic mass is 10.0. The van der Waals surface area contributed by atoms with Crippen LogP contribution in [0.2, 0.25) is 0 Å². The van der Waals surface area contributed by atoms with Crippen LogP contribution in [0.5, 0.6) is 5.75 Å². The first-order chi connectivity index (χ1) is 7.72. The van der Waals surface area contributed by atoms with E-state index in [1.165, 1.54) is 19.1 Å². The van der Waals surface area contributed by atoms with Crippen LogP contribution in [0, 0.1) is 6.92 Å². The molecule has 1 rings (SSSR count). The molecule has 17 heavy (non-hydrogen) atoms. The number of aliphatic hydroxyl groups excluding tert-OH is 1. The molecule has 1 aromatic rings. The largest absolute Gasteiger partial charge is 0.573 e. The van der Waals surface area contributed by atoms with Gasteiger partial charge >= 0.3 is 12.3 Å². The van der Waals surface area contributed by atoms with Gasteiger partial charge in [-0.2, -0.15) is 0 Å². The lowest BCUT2D eigenvalue weighted by molar-refractivity contribution is -0.275. The summed E-state index contributed by atoms with van der Waals surface area (Å²) in [5, 5.41) is 17.8. The molecule has 0 radical (unpaired) electrons. The minimum absolute atomic E-state index is 0.0834. The van der Waals surface area contributed by atoms with Gasteiger partial charge in [-0.25, -0.2) is 4.79 Å². The summed E-state index contributed by atoms with van der Waals surface area (Å²) >= 11 is 0. The summed E-state index contributed by atoms with van der Waals surface area (Å²) in [5.74, 6) is -2.34. The first kappa shape index (κ1) is 13.3. The highest BCUT2D eigenvalue weighted by molar-refractivity contribution is 5.75. The molecule has 1 atom stereocenters. The van der Waals surface area contributed by atoms with Crippen LogP contribution in [0.25, 0.3) is 0 Å². The van der Waals surface area contributed by atoms with Crippen LogP contribution < -0.4 is 4.74 Å². The fourth-order valence-electron chi connectivity index (χ4n) is 1.28. The molecule has 0 aromatic heterocycles. The number of ether oxygens (including phenoxy) is 1. The molecule has 0 saturated heterocycles. The predicted octanol–water partition coefficient (Wildman–Crippen LogP) is 2.01. The fraction of sp³-hybridized carbons (Fsp3) is 0.300. The quantitative estimate of drug-likeness (QED) is 0.861. The Morgan fingerprint density at radius 2 is 2.00 bits per heavy atom. The van der Waals surface area contributed by atoms with Gasteiger partial charge in [0.05, 0.1) is 0 Å². The SMILES string of the molecule is Cc1cccc(C(O)C(=O)O)c1OC(F)(F)F. The van der Waals surface area contributed by atoms with Gasteiger partial charge in [0.2, 0.25) is 0 Å². The first-order valence-electron chi connectivity index (χ1n) is 4.48. The zero-order valence-electron chi connectivity index (χ0n) is 8.65. The lowest BCUT2D eigenvalue weighted by Crippen LogP contribution is -2.21. The third-order valence-corrected chi connectivity index (χ3v) is 1.99. The molecule has 0 bridgehead atoms. The van der Waals surface area contributed by atoms with Crippen molar-refractivity contribution in [1.82, 2.24) is 0 Å². The number of aliphatic carboxylic acids is 1. The van der Waals surface area contributed by atoms with Crippen LogP contribution >= 0.6 is 0 Å². The van der Waals surface area contributed by atoms with Crippen LogP contribution in [0.1, 0.15) is 17.2 Å². The number of hydrogen-bond donors (Lipinski definition) is 2. The molecular weight excluding hydrogens is 241 g/mol. The molecule has 0 aliphatic carbocycles. The molecule has 0 heterocycles. The number of carboxylic acids is 1. The molecule has 2 N–H and O–H groups in total. The minimum Gasteiger partial charge on any atom is -0.479 e. The monoisotopic (exact) mass is 250 g/mol. The Balaban J connectivity index is 3.22. The summed E-state index contributed by atoms with van der Waals surface area (Å²) < 4.78 is 40.1. The van der Waals surface area contributed by atoms with Gasteiger partial charge in [-0.3, -0.25) is 0 Å². The summed E-state index contributed by atoms with van der Waals surface area (Å²) in [7, 11) is 0. The van der Waals surface area contributed by atoms with E-state index in [-0.39, 0.29) is 5.56 Å².